The van der Waals surface area contributed by atoms with E-state index in [4.69, 9.17) is 5.73 Å². The van der Waals surface area contributed by atoms with Gasteiger partial charge in [0.1, 0.15) is 10.5 Å². The Labute approximate surface area is 184 Å². The van der Waals surface area contributed by atoms with E-state index in [1.165, 1.54) is 22.7 Å². The van der Waals surface area contributed by atoms with Gasteiger partial charge in [-0.2, -0.15) is 5.10 Å². The first kappa shape index (κ1) is 19.2. The average Bonchev–Trinajstić information content (AvgIpc) is 3.53. The molecular formula is C21H16N6O2S2. The lowest BCUT2D eigenvalue weighted by molar-refractivity contribution is 0.0994. The van der Waals surface area contributed by atoms with E-state index in [-0.39, 0.29) is 5.91 Å². The van der Waals surface area contributed by atoms with Gasteiger partial charge in [-0.3, -0.25) is 14.9 Å². The molecule has 5 aromatic rings. The average molecular weight is 449 g/mol. The molecule has 154 valence electrons. The number of hydrogen-bond acceptors (Lipinski definition) is 6. The van der Waals surface area contributed by atoms with E-state index in [1.807, 2.05) is 53.4 Å². The number of thiophene rings is 1. The lowest BCUT2D eigenvalue weighted by Crippen LogP contribution is -2.10. The number of thiazole rings is 1. The Balaban J connectivity index is 1.40. The van der Waals surface area contributed by atoms with Gasteiger partial charge >= 0.3 is 0 Å². The second-order valence-corrected chi connectivity index (χ2v) is 8.71. The molecular weight excluding hydrogens is 432 g/mol. The number of nitrogens with two attached hydrogens (primary N) is 1. The number of nitrogens with zero attached hydrogens (tertiary/aromatic N) is 3. The summed E-state index contributed by atoms with van der Waals surface area (Å²) in [6, 6.07) is 13.3. The number of fused-ring (bicyclic) bond motifs is 1. The van der Waals surface area contributed by atoms with Gasteiger partial charge in [0, 0.05) is 22.5 Å². The summed E-state index contributed by atoms with van der Waals surface area (Å²) >= 11 is 2.70. The molecule has 4 heterocycles. The maximum Gasteiger partial charge on any atom is 0.267 e. The molecule has 0 spiro atoms. The Kier molecular flexibility index (Phi) is 4.64. The predicted molar refractivity (Wildman–Crippen MR) is 122 cm³/mol. The number of rotatable bonds is 5. The minimum Gasteiger partial charge on any atom is -0.364 e. The van der Waals surface area contributed by atoms with E-state index in [9.17, 15) is 9.59 Å². The molecule has 0 fully saturated rings. The minimum atomic E-state index is -0.538. The quantitative estimate of drug-likeness (QED) is 0.373. The fourth-order valence-electron chi connectivity index (χ4n) is 3.21. The van der Waals surface area contributed by atoms with Crippen molar-refractivity contribution < 1.29 is 9.59 Å². The summed E-state index contributed by atoms with van der Waals surface area (Å²) in [5.74, 6) is -0.767. The summed E-state index contributed by atoms with van der Waals surface area (Å²) in [6.45, 7) is 1.93. The van der Waals surface area contributed by atoms with Gasteiger partial charge in [0.2, 0.25) is 0 Å². The van der Waals surface area contributed by atoms with Crippen LogP contribution in [0.3, 0.4) is 0 Å². The number of para-hydroxylation sites is 1. The number of carbonyl (C=O) groups excluding carboxylic acids is 2. The highest BCUT2D eigenvalue weighted by atomic mass is 32.1. The summed E-state index contributed by atoms with van der Waals surface area (Å²) in [5.41, 5.74) is 8.77. The number of H-pyrrole nitrogens is 1. The van der Waals surface area contributed by atoms with Crippen molar-refractivity contribution in [2.24, 2.45) is 5.73 Å². The molecule has 8 nitrogen and oxygen atoms in total. The van der Waals surface area contributed by atoms with Crippen LogP contribution in [0.5, 0.6) is 0 Å². The number of aryl methyl sites for hydroxylation is 1. The standard InChI is InChI=1S/C21H16N6O2S2/c1-11-14-8-17(31-20(14)27(26-11)13-5-3-2-4-6-13)19(29)25-21-24-16(10-30-21)12-7-15(18(22)28)23-9-12/h2-10,23H,1H3,(H2,22,28)(H,24,25,29). The molecule has 31 heavy (non-hydrogen) atoms. The fourth-order valence-corrected chi connectivity index (χ4v) is 5.00. The second kappa shape index (κ2) is 7.49. The van der Waals surface area contributed by atoms with Crippen LogP contribution in [-0.4, -0.2) is 31.6 Å². The molecule has 5 rings (SSSR count). The smallest absolute Gasteiger partial charge is 0.267 e. The van der Waals surface area contributed by atoms with E-state index < -0.39 is 5.91 Å². The number of anilines is 1. The molecule has 0 bridgehead atoms. The Bertz CT molecular complexity index is 1430. The Morgan fingerprint density at radius 1 is 1.19 bits per heavy atom. The molecule has 4 aromatic heterocycles. The van der Waals surface area contributed by atoms with E-state index in [0.29, 0.717) is 21.4 Å². The highest BCUT2D eigenvalue weighted by Crippen LogP contribution is 2.31. The minimum absolute atomic E-state index is 0.229. The third-order valence-electron chi connectivity index (χ3n) is 4.74. The molecule has 2 amide bonds. The Morgan fingerprint density at radius 3 is 2.74 bits per heavy atom. The molecule has 0 unspecified atom stereocenters. The fraction of sp³-hybridized carbons (Fsp3) is 0.0476. The van der Waals surface area contributed by atoms with Gasteiger partial charge in [0.15, 0.2) is 5.13 Å². The zero-order chi connectivity index (χ0) is 21.5. The van der Waals surface area contributed by atoms with Gasteiger partial charge in [-0.25, -0.2) is 9.67 Å². The summed E-state index contributed by atoms with van der Waals surface area (Å²) < 4.78 is 1.86. The van der Waals surface area contributed by atoms with Crippen molar-refractivity contribution in [1.82, 2.24) is 19.7 Å². The lowest BCUT2D eigenvalue weighted by atomic mass is 10.2. The number of benzene rings is 1. The second-order valence-electron chi connectivity index (χ2n) is 6.82. The zero-order valence-electron chi connectivity index (χ0n) is 16.2. The van der Waals surface area contributed by atoms with Gasteiger partial charge in [0.25, 0.3) is 11.8 Å². The largest absolute Gasteiger partial charge is 0.364 e. The molecule has 0 radical (unpaired) electrons. The van der Waals surface area contributed by atoms with Crippen molar-refractivity contribution in [3.63, 3.8) is 0 Å². The van der Waals surface area contributed by atoms with Crippen LogP contribution in [0.2, 0.25) is 0 Å². The van der Waals surface area contributed by atoms with E-state index in [2.05, 4.69) is 20.4 Å². The predicted octanol–water partition coefficient (Wildman–Crippen LogP) is 4.20. The number of carbonyl (C=O) groups is 2. The number of primary amides is 1. The first-order chi connectivity index (χ1) is 15.0. The van der Waals surface area contributed by atoms with Crippen LogP contribution in [-0.2, 0) is 0 Å². The Hall–Kier alpha value is -3.76. The summed E-state index contributed by atoms with van der Waals surface area (Å²) in [7, 11) is 0. The molecule has 0 atom stereocenters. The molecule has 0 saturated heterocycles. The number of aromatic nitrogens is 4. The van der Waals surface area contributed by atoms with Gasteiger partial charge in [-0.15, -0.1) is 22.7 Å². The first-order valence-electron chi connectivity index (χ1n) is 9.29. The number of hydrogen-bond donors (Lipinski definition) is 3. The van der Waals surface area contributed by atoms with Crippen LogP contribution in [0.25, 0.3) is 27.2 Å². The van der Waals surface area contributed by atoms with Crippen molar-refractivity contribution in [2.45, 2.75) is 6.92 Å². The lowest BCUT2D eigenvalue weighted by Gasteiger charge is -2.01. The summed E-state index contributed by atoms with van der Waals surface area (Å²) in [6.07, 6.45) is 1.66. The van der Waals surface area contributed by atoms with Crippen LogP contribution >= 0.6 is 22.7 Å². The normalized spacial score (nSPS) is 11.1. The number of nitrogens with one attached hydrogen (secondary N) is 2. The molecule has 0 aliphatic heterocycles. The maximum absolute atomic E-state index is 12.8. The maximum atomic E-state index is 12.8. The number of aromatic amines is 1. The summed E-state index contributed by atoms with van der Waals surface area (Å²) in [4.78, 5) is 32.9. The molecule has 0 saturated carbocycles. The molecule has 10 heteroatoms. The van der Waals surface area contributed by atoms with Crippen molar-refractivity contribution in [2.75, 3.05) is 5.32 Å². The monoisotopic (exact) mass is 448 g/mol. The number of amides is 2. The third-order valence-corrected chi connectivity index (χ3v) is 6.61. The van der Waals surface area contributed by atoms with E-state index in [0.717, 1.165) is 27.2 Å². The first-order valence-corrected chi connectivity index (χ1v) is 11.0. The highest BCUT2D eigenvalue weighted by molar-refractivity contribution is 7.20. The summed E-state index contributed by atoms with van der Waals surface area (Å²) in [5, 5.41) is 10.7. The Morgan fingerprint density at radius 2 is 2.00 bits per heavy atom. The van der Waals surface area contributed by atoms with Crippen LogP contribution in [0.15, 0.2) is 54.0 Å². The van der Waals surface area contributed by atoms with E-state index in [1.54, 1.807) is 12.3 Å². The molecule has 0 aliphatic carbocycles. The van der Waals surface area contributed by atoms with Crippen LogP contribution in [0.1, 0.15) is 25.9 Å². The van der Waals surface area contributed by atoms with Gasteiger partial charge in [-0.05, 0) is 31.2 Å². The van der Waals surface area contributed by atoms with Crippen molar-refractivity contribution in [3.05, 3.63) is 70.3 Å². The van der Waals surface area contributed by atoms with E-state index >= 15 is 0 Å². The topological polar surface area (TPSA) is 119 Å². The van der Waals surface area contributed by atoms with Crippen LogP contribution in [0.4, 0.5) is 5.13 Å². The molecule has 4 N–H and O–H groups in total. The van der Waals surface area contributed by atoms with Crippen molar-refractivity contribution >= 4 is 49.8 Å². The van der Waals surface area contributed by atoms with Gasteiger partial charge < -0.3 is 10.7 Å². The van der Waals surface area contributed by atoms with Gasteiger partial charge in [-0.1, -0.05) is 18.2 Å². The van der Waals surface area contributed by atoms with Crippen LogP contribution < -0.4 is 11.1 Å². The molecule has 1 aromatic carbocycles. The molecule has 0 aliphatic rings. The van der Waals surface area contributed by atoms with Crippen LogP contribution in [0, 0.1) is 6.92 Å². The van der Waals surface area contributed by atoms with Crippen molar-refractivity contribution in [3.8, 4) is 16.9 Å². The van der Waals surface area contributed by atoms with Gasteiger partial charge in [0.05, 0.1) is 22.0 Å². The zero-order valence-corrected chi connectivity index (χ0v) is 17.9. The highest BCUT2D eigenvalue weighted by Gasteiger charge is 2.18. The van der Waals surface area contributed by atoms with Crippen molar-refractivity contribution in [1.29, 1.82) is 0 Å². The third kappa shape index (κ3) is 3.51. The SMILES string of the molecule is Cc1nn(-c2ccccc2)c2sc(C(=O)Nc3nc(-c4c[nH]c(C(N)=O)c4)cs3)cc12.